The molecule has 28 heavy (non-hydrogen) atoms. The van der Waals surface area contributed by atoms with E-state index >= 15 is 0 Å². The van der Waals surface area contributed by atoms with Gasteiger partial charge in [0.25, 0.3) is 0 Å². The first-order chi connectivity index (χ1) is 13.7. The lowest BCUT2D eigenvalue weighted by Gasteiger charge is -2.27. The molecule has 0 fully saturated rings. The molecule has 0 saturated heterocycles. The van der Waals surface area contributed by atoms with Gasteiger partial charge in [-0.3, -0.25) is 9.59 Å². The van der Waals surface area contributed by atoms with E-state index in [0.717, 1.165) is 12.0 Å². The molecular weight excluding hydrogens is 360 g/mol. The SMILES string of the molecule is O=C(NC[C@H]1COc2ccccc2O1)C(=O)NC[C@H]1OCCc2ccccc21. The van der Waals surface area contributed by atoms with Crippen molar-refractivity contribution in [3.63, 3.8) is 0 Å². The molecule has 2 aromatic rings. The lowest BCUT2D eigenvalue weighted by molar-refractivity contribution is -0.139. The number of hydrogen-bond donors (Lipinski definition) is 2. The van der Waals surface area contributed by atoms with E-state index < -0.39 is 11.8 Å². The first-order valence-corrected chi connectivity index (χ1v) is 9.34. The average Bonchev–Trinajstić information content (AvgIpc) is 2.75. The van der Waals surface area contributed by atoms with Gasteiger partial charge in [-0.2, -0.15) is 0 Å². The normalized spacial score (nSPS) is 20.0. The molecule has 146 valence electrons. The van der Waals surface area contributed by atoms with Crippen molar-refractivity contribution in [3.05, 3.63) is 59.7 Å². The van der Waals surface area contributed by atoms with Crippen molar-refractivity contribution in [3.8, 4) is 11.5 Å². The van der Waals surface area contributed by atoms with E-state index in [2.05, 4.69) is 16.7 Å². The second kappa shape index (κ2) is 8.31. The van der Waals surface area contributed by atoms with Gasteiger partial charge in [-0.05, 0) is 29.7 Å². The highest BCUT2D eigenvalue weighted by molar-refractivity contribution is 6.35. The highest BCUT2D eigenvalue weighted by Crippen LogP contribution is 2.30. The van der Waals surface area contributed by atoms with Crippen LogP contribution in [0, 0.1) is 0 Å². The number of benzene rings is 2. The molecule has 0 bridgehead atoms. The lowest BCUT2D eigenvalue weighted by atomic mass is 9.97. The van der Waals surface area contributed by atoms with E-state index in [-0.39, 0.29) is 25.3 Å². The van der Waals surface area contributed by atoms with Crippen molar-refractivity contribution < 1.29 is 23.8 Å². The van der Waals surface area contributed by atoms with Gasteiger partial charge in [-0.1, -0.05) is 36.4 Å². The Morgan fingerprint density at radius 1 is 0.929 bits per heavy atom. The van der Waals surface area contributed by atoms with Crippen LogP contribution in [-0.2, 0) is 20.7 Å². The Hall–Kier alpha value is -3.06. The Kier molecular flexibility index (Phi) is 5.43. The molecule has 0 saturated carbocycles. The summed E-state index contributed by atoms with van der Waals surface area (Å²) in [5.74, 6) is -0.0866. The monoisotopic (exact) mass is 382 g/mol. The summed E-state index contributed by atoms with van der Waals surface area (Å²) in [6, 6.07) is 15.3. The molecule has 2 aliphatic heterocycles. The van der Waals surface area contributed by atoms with Crippen molar-refractivity contribution in [2.24, 2.45) is 0 Å². The van der Waals surface area contributed by atoms with Crippen LogP contribution in [0.15, 0.2) is 48.5 Å². The Morgan fingerprint density at radius 2 is 1.64 bits per heavy atom. The third-order valence-electron chi connectivity index (χ3n) is 4.80. The molecule has 2 atom stereocenters. The van der Waals surface area contributed by atoms with Gasteiger partial charge in [0.15, 0.2) is 11.5 Å². The maximum absolute atomic E-state index is 12.1. The highest BCUT2D eigenvalue weighted by atomic mass is 16.6. The van der Waals surface area contributed by atoms with Gasteiger partial charge in [0.2, 0.25) is 0 Å². The number of amides is 2. The lowest BCUT2D eigenvalue weighted by Crippen LogP contribution is -2.46. The molecule has 2 aliphatic rings. The van der Waals surface area contributed by atoms with Gasteiger partial charge in [-0.25, -0.2) is 0 Å². The zero-order valence-electron chi connectivity index (χ0n) is 15.4. The van der Waals surface area contributed by atoms with Gasteiger partial charge in [-0.15, -0.1) is 0 Å². The van der Waals surface area contributed by atoms with Crippen molar-refractivity contribution >= 4 is 11.8 Å². The quantitative estimate of drug-likeness (QED) is 0.781. The van der Waals surface area contributed by atoms with E-state index in [1.54, 1.807) is 6.07 Å². The molecule has 4 rings (SSSR count). The predicted molar refractivity (Wildman–Crippen MR) is 101 cm³/mol. The standard InChI is InChI=1S/C21H22N2O5/c24-20(22-11-15-13-27-17-7-3-4-8-18(17)28-15)21(25)23-12-19-16-6-2-1-5-14(16)9-10-26-19/h1-8,15,19H,9-13H2,(H,22,24)(H,23,25)/t15-,19+/m0/s1. The fraction of sp³-hybridized carbons (Fsp3) is 0.333. The van der Waals surface area contributed by atoms with Gasteiger partial charge in [0, 0.05) is 6.54 Å². The van der Waals surface area contributed by atoms with Gasteiger partial charge in [0.05, 0.1) is 13.2 Å². The Morgan fingerprint density at radius 3 is 2.50 bits per heavy atom. The summed E-state index contributed by atoms with van der Waals surface area (Å²) in [6.45, 7) is 1.35. The predicted octanol–water partition coefficient (Wildman–Crippen LogP) is 1.37. The highest BCUT2D eigenvalue weighted by Gasteiger charge is 2.24. The molecule has 0 aliphatic carbocycles. The van der Waals surface area contributed by atoms with Crippen LogP contribution in [-0.4, -0.2) is 44.2 Å². The van der Waals surface area contributed by atoms with Crippen molar-refractivity contribution in [2.75, 3.05) is 26.3 Å². The third kappa shape index (κ3) is 4.09. The summed E-state index contributed by atoms with van der Waals surface area (Å²) in [5.41, 5.74) is 2.27. The second-order valence-corrected chi connectivity index (χ2v) is 6.73. The topological polar surface area (TPSA) is 85.9 Å². The van der Waals surface area contributed by atoms with Crippen LogP contribution >= 0.6 is 0 Å². The van der Waals surface area contributed by atoms with Crippen molar-refractivity contribution in [1.29, 1.82) is 0 Å². The number of nitrogens with one attached hydrogen (secondary N) is 2. The molecular formula is C21H22N2O5. The molecule has 2 aromatic carbocycles. The van der Waals surface area contributed by atoms with Gasteiger partial charge >= 0.3 is 11.8 Å². The number of fused-ring (bicyclic) bond motifs is 2. The van der Waals surface area contributed by atoms with Crippen LogP contribution in [0.5, 0.6) is 11.5 Å². The van der Waals surface area contributed by atoms with Crippen LogP contribution in [0.2, 0.25) is 0 Å². The van der Waals surface area contributed by atoms with Crippen LogP contribution < -0.4 is 20.1 Å². The summed E-state index contributed by atoms with van der Waals surface area (Å²) in [6.07, 6.45) is 0.265. The summed E-state index contributed by atoms with van der Waals surface area (Å²) < 4.78 is 17.1. The minimum absolute atomic E-state index is 0.184. The number of rotatable bonds is 4. The zero-order valence-corrected chi connectivity index (χ0v) is 15.4. The molecule has 0 unspecified atom stereocenters. The Balaban J connectivity index is 1.24. The number of hydrogen-bond acceptors (Lipinski definition) is 5. The molecule has 7 heteroatoms. The molecule has 0 radical (unpaired) electrons. The third-order valence-corrected chi connectivity index (χ3v) is 4.80. The number of ether oxygens (including phenoxy) is 3. The van der Waals surface area contributed by atoms with E-state index in [0.29, 0.717) is 24.7 Å². The Bertz CT molecular complexity index is 869. The minimum atomic E-state index is -0.702. The first-order valence-electron chi connectivity index (χ1n) is 9.34. The van der Waals surface area contributed by atoms with E-state index in [4.69, 9.17) is 14.2 Å². The number of para-hydroxylation sites is 2. The summed E-state index contributed by atoms with van der Waals surface area (Å²) in [7, 11) is 0. The van der Waals surface area contributed by atoms with Crippen LogP contribution in [0.1, 0.15) is 17.2 Å². The number of carbonyl (C=O) groups excluding carboxylic acids is 2. The molecule has 2 heterocycles. The smallest absolute Gasteiger partial charge is 0.309 e. The molecule has 2 N–H and O–H groups in total. The van der Waals surface area contributed by atoms with Gasteiger partial charge < -0.3 is 24.8 Å². The molecule has 0 aromatic heterocycles. The van der Waals surface area contributed by atoms with Crippen LogP contribution in [0.3, 0.4) is 0 Å². The fourth-order valence-corrected chi connectivity index (χ4v) is 3.36. The summed E-state index contributed by atoms with van der Waals surface area (Å²) in [5, 5.41) is 5.24. The van der Waals surface area contributed by atoms with Crippen LogP contribution in [0.4, 0.5) is 0 Å². The van der Waals surface area contributed by atoms with Crippen LogP contribution in [0.25, 0.3) is 0 Å². The minimum Gasteiger partial charge on any atom is -0.486 e. The largest absolute Gasteiger partial charge is 0.486 e. The van der Waals surface area contributed by atoms with Gasteiger partial charge in [0.1, 0.15) is 18.8 Å². The molecule has 7 nitrogen and oxygen atoms in total. The maximum Gasteiger partial charge on any atom is 0.309 e. The van der Waals surface area contributed by atoms with E-state index in [9.17, 15) is 9.59 Å². The average molecular weight is 382 g/mol. The first kappa shape index (κ1) is 18.3. The summed E-state index contributed by atoms with van der Waals surface area (Å²) >= 11 is 0. The fourth-order valence-electron chi connectivity index (χ4n) is 3.36. The van der Waals surface area contributed by atoms with Crippen molar-refractivity contribution in [2.45, 2.75) is 18.6 Å². The number of carbonyl (C=O) groups is 2. The Labute approximate surface area is 163 Å². The molecule has 0 spiro atoms. The van der Waals surface area contributed by atoms with E-state index in [1.165, 1.54) is 5.56 Å². The van der Waals surface area contributed by atoms with E-state index in [1.807, 2.05) is 36.4 Å². The summed E-state index contributed by atoms with van der Waals surface area (Å²) in [4.78, 5) is 24.2. The maximum atomic E-state index is 12.1. The second-order valence-electron chi connectivity index (χ2n) is 6.73. The molecule has 2 amide bonds. The van der Waals surface area contributed by atoms with Crippen molar-refractivity contribution in [1.82, 2.24) is 10.6 Å². The zero-order chi connectivity index (χ0) is 19.3.